The van der Waals surface area contributed by atoms with Gasteiger partial charge in [-0.1, -0.05) is 24.3 Å². The van der Waals surface area contributed by atoms with Gasteiger partial charge in [0.1, 0.15) is 15.6 Å². The van der Waals surface area contributed by atoms with Crippen molar-refractivity contribution in [2.24, 2.45) is 5.73 Å². The molecular weight excluding hydrogens is 378 g/mol. The third kappa shape index (κ3) is 7.07. The molecule has 0 spiro atoms. The summed E-state index contributed by atoms with van der Waals surface area (Å²) < 4.78 is 22.6. The second-order valence-electron chi connectivity index (χ2n) is 6.76. The summed E-state index contributed by atoms with van der Waals surface area (Å²) in [6.07, 6.45) is 5.49. The van der Waals surface area contributed by atoms with E-state index in [-0.39, 0.29) is 23.8 Å². The molecule has 28 heavy (non-hydrogen) atoms. The summed E-state index contributed by atoms with van der Waals surface area (Å²) >= 11 is 0. The summed E-state index contributed by atoms with van der Waals surface area (Å²) in [6.45, 7) is 0.321. The normalized spacial score (nSPS) is 11.2. The van der Waals surface area contributed by atoms with Crippen LogP contribution in [0.3, 0.4) is 0 Å². The van der Waals surface area contributed by atoms with Crippen molar-refractivity contribution >= 4 is 27.4 Å². The van der Waals surface area contributed by atoms with Gasteiger partial charge in [0.05, 0.1) is 18.0 Å². The third-order valence-corrected chi connectivity index (χ3v) is 5.04. The zero-order chi connectivity index (χ0) is 20.7. The lowest BCUT2D eigenvalue weighted by Gasteiger charge is -2.16. The molecule has 3 N–H and O–H groups in total. The molecule has 0 atom stereocenters. The minimum atomic E-state index is -3.04. The van der Waals surface area contributed by atoms with E-state index < -0.39 is 9.84 Å². The Kier molecular flexibility index (Phi) is 7.22. The molecule has 0 saturated carbocycles. The van der Waals surface area contributed by atoms with Crippen LogP contribution in [0.25, 0.3) is 11.1 Å². The van der Waals surface area contributed by atoms with E-state index in [1.165, 1.54) is 6.26 Å². The summed E-state index contributed by atoms with van der Waals surface area (Å²) in [4.78, 5) is 22.1. The average Bonchev–Trinajstić information content (AvgIpc) is 2.64. The van der Waals surface area contributed by atoms with Crippen LogP contribution in [-0.4, -0.2) is 55.6 Å². The second-order valence-corrected chi connectivity index (χ2v) is 9.02. The fourth-order valence-corrected chi connectivity index (χ4v) is 3.17. The van der Waals surface area contributed by atoms with Crippen LogP contribution in [-0.2, 0) is 21.1 Å². The molecule has 0 fully saturated rings. The summed E-state index contributed by atoms with van der Waals surface area (Å²) in [6, 6.07) is 7.77. The van der Waals surface area contributed by atoms with Gasteiger partial charge in [0.15, 0.2) is 0 Å². The maximum Gasteiger partial charge on any atom is 0.225 e. The standard InChI is InChI=1S/C19H25N5O3S/c1-24(8-9-28(2,26)27)19-22-12-16(13-23-19)15-5-3-4-14(10-15)6-7-17(25)11-18(20)21/h3-5,10,12-13H,6-9,11H2,1-2H3,(H3,20,21). The Morgan fingerprint density at radius 2 is 1.89 bits per heavy atom. The fourth-order valence-electron chi connectivity index (χ4n) is 2.56. The number of nitrogens with two attached hydrogens (primary N) is 1. The summed E-state index contributed by atoms with van der Waals surface area (Å²) in [5.74, 6) is 0.331. The molecule has 0 bridgehead atoms. The Bertz CT molecular complexity index is 942. The molecule has 150 valence electrons. The fraction of sp³-hybridized carbons (Fsp3) is 0.368. The number of nitrogens with one attached hydrogen (secondary N) is 1. The quantitative estimate of drug-likeness (QED) is 0.453. The van der Waals surface area contributed by atoms with Gasteiger partial charge in [-0.15, -0.1) is 0 Å². The van der Waals surface area contributed by atoms with E-state index in [1.54, 1.807) is 24.3 Å². The number of amidine groups is 1. The van der Waals surface area contributed by atoms with Crippen LogP contribution in [0.2, 0.25) is 0 Å². The minimum absolute atomic E-state index is 0.0121. The molecule has 9 heteroatoms. The molecule has 2 rings (SSSR count). The number of sulfone groups is 1. The van der Waals surface area contributed by atoms with Crippen LogP contribution in [0.4, 0.5) is 5.95 Å². The van der Waals surface area contributed by atoms with Crippen molar-refractivity contribution in [1.29, 1.82) is 5.41 Å². The molecule has 0 aliphatic heterocycles. The first-order chi connectivity index (χ1) is 13.1. The van der Waals surface area contributed by atoms with Crippen molar-refractivity contribution in [3.63, 3.8) is 0 Å². The number of benzene rings is 1. The van der Waals surface area contributed by atoms with Crippen molar-refractivity contribution in [3.05, 3.63) is 42.2 Å². The Hall–Kier alpha value is -2.81. The van der Waals surface area contributed by atoms with Gasteiger partial charge in [-0.2, -0.15) is 0 Å². The van der Waals surface area contributed by atoms with Crippen LogP contribution in [0.5, 0.6) is 0 Å². The van der Waals surface area contributed by atoms with E-state index in [9.17, 15) is 13.2 Å². The van der Waals surface area contributed by atoms with Crippen LogP contribution in [0.15, 0.2) is 36.7 Å². The monoisotopic (exact) mass is 403 g/mol. The Balaban J connectivity index is 2.03. The first kappa shape index (κ1) is 21.5. The van der Waals surface area contributed by atoms with Crippen LogP contribution < -0.4 is 10.6 Å². The first-order valence-electron chi connectivity index (χ1n) is 8.79. The highest BCUT2D eigenvalue weighted by atomic mass is 32.2. The lowest BCUT2D eigenvalue weighted by molar-refractivity contribution is -0.117. The van der Waals surface area contributed by atoms with Gasteiger partial charge in [-0.3, -0.25) is 10.2 Å². The van der Waals surface area contributed by atoms with E-state index in [0.717, 1.165) is 16.7 Å². The van der Waals surface area contributed by atoms with Gasteiger partial charge >= 0.3 is 0 Å². The van der Waals surface area contributed by atoms with Gasteiger partial charge in [-0.05, 0) is 17.5 Å². The molecular formula is C19H25N5O3S. The maximum atomic E-state index is 11.7. The zero-order valence-corrected chi connectivity index (χ0v) is 16.9. The summed E-state index contributed by atoms with van der Waals surface area (Å²) in [5.41, 5.74) is 8.02. The van der Waals surface area contributed by atoms with Crippen molar-refractivity contribution < 1.29 is 13.2 Å². The van der Waals surface area contributed by atoms with Gasteiger partial charge in [0, 0.05) is 44.2 Å². The van der Waals surface area contributed by atoms with E-state index in [0.29, 0.717) is 25.3 Å². The Labute approximate surface area is 165 Å². The molecule has 1 aromatic carbocycles. The number of aryl methyl sites for hydroxylation is 1. The molecule has 0 aliphatic rings. The minimum Gasteiger partial charge on any atom is -0.387 e. The predicted octanol–water partition coefficient (Wildman–Crippen LogP) is 1.45. The third-order valence-electron chi connectivity index (χ3n) is 4.12. The van der Waals surface area contributed by atoms with E-state index in [4.69, 9.17) is 11.1 Å². The summed E-state index contributed by atoms with van der Waals surface area (Å²) in [7, 11) is -1.29. The maximum absolute atomic E-state index is 11.7. The lowest BCUT2D eigenvalue weighted by atomic mass is 10.0. The SMILES string of the molecule is CN(CCS(C)(=O)=O)c1ncc(-c2cccc(CCC(=O)CC(=N)N)c2)cn1. The number of ketones is 1. The predicted molar refractivity (Wildman–Crippen MR) is 110 cm³/mol. The smallest absolute Gasteiger partial charge is 0.225 e. The van der Waals surface area contributed by atoms with E-state index in [2.05, 4.69) is 9.97 Å². The number of carbonyl (C=O) groups excluding carboxylic acids is 1. The van der Waals surface area contributed by atoms with Crippen LogP contribution >= 0.6 is 0 Å². The second kappa shape index (κ2) is 9.41. The lowest BCUT2D eigenvalue weighted by Crippen LogP contribution is -2.26. The molecule has 2 aromatic rings. The molecule has 0 aliphatic carbocycles. The average molecular weight is 404 g/mol. The number of nitrogens with zero attached hydrogens (tertiary/aromatic N) is 3. The Morgan fingerprint density at radius 1 is 1.21 bits per heavy atom. The van der Waals surface area contributed by atoms with Crippen LogP contribution in [0, 0.1) is 5.41 Å². The first-order valence-corrected chi connectivity index (χ1v) is 10.8. The largest absolute Gasteiger partial charge is 0.387 e. The number of anilines is 1. The topological polar surface area (TPSA) is 130 Å². The molecule has 0 amide bonds. The number of hydrogen-bond donors (Lipinski definition) is 2. The number of aromatic nitrogens is 2. The van der Waals surface area contributed by atoms with E-state index in [1.807, 2.05) is 24.3 Å². The van der Waals surface area contributed by atoms with Crippen molar-refractivity contribution in [3.8, 4) is 11.1 Å². The van der Waals surface area contributed by atoms with Crippen molar-refractivity contribution in [2.45, 2.75) is 19.3 Å². The summed E-state index contributed by atoms with van der Waals surface area (Å²) in [5, 5.41) is 7.17. The zero-order valence-electron chi connectivity index (χ0n) is 16.1. The number of rotatable bonds is 10. The molecule has 0 saturated heterocycles. The number of hydrogen-bond acceptors (Lipinski definition) is 7. The van der Waals surface area contributed by atoms with Crippen molar-refractivity contribution in [2.75, 3.05) is 30.5 Å². The number of Topliss-reactive ketones (excluding diaryl/α,β-unsaturated/α-hetero) is 1. The molecule has 1 aromatic heterocycles. The van der Waals surface area contributed by atoms with Gasteiger partial charge in [0.2, 0.25) is 5.95 Å². The van der Waals surface area contributed by atoms with Gasteiger partial charge < -0.3 is 10.6 Å². The molecule has 0 unspecified atom stereocenters. The number of carbonyl (C=O) groups is 1. The molecule has 8 nitrogen and oxygen atoms in total. The Morgan fingerprint density at radius 3 is 2.50 bits per heavy atom. The molecule has 1 heterocycles. The van der Waals surface area contributed by atoms with Gasteiger partial charge in [-0.25, -0.2) is 18.4 Å². The van der Waals surface area contributed by atoms with Crippen LogP contribution in [0.1, 0.15) is 18.4 Å². The highest BCUT2D eigenvalue weighted by Crippen LogP contribution is 2.21. The van der Waals surface area contributed by atoms with E-state index >= 15 is 0 Å². The van der Waals surface area contributed by atoms with Gasteiger partial charge in [0.25, 0.3) is 0 Å². The molecule has 0 radical (unpaired) electrons. The highest BCUT2D eigenvalue weighted by Gasteiger charge is 2.10. The highest BCUT2D eigenvalue weighted by molar-refractivity contribution is 7.90. The van der Waals surface area contributed by atoms with Crippen molar-refractivity contribution in [1.82, 2.24) is 9.97 Å².